The molecule has 0 unspecified atom stereocenters. The van der Waals surface area contributed by atoms with E-state index in [-0.39, 0.29) is 23.1 Å². The molecule has 0 spiro atoms. The van der Waals surface area contributed by atoms with Crippen LogP contribution in [0.25, 0.3) is 10.9 Å². The molecule has 1 aromatic heterocycles. The van der Waals surface area contributed by atoms with E-state index in [4.69, 9.17) is 11.6 Å². The summed E-state index contributed by atoms with van der Waals surface area (Å²) in [6.07, 6.45) is 1.62. The molecule has 9 heteroatoms. The maximum Gasteiger partial charge on any atom is 0.301 e. The number of nitrogens with one attached hydrogen (secondary N) is 1. The van der Waals surface area contributed by atoms with Crippen LogP contribution >= 0.6 is 11.6 Å². The van der Waals surface area contributed by atoms with Gasteiger partial charge in [0, 0.05) is 32.4 Å². The van der Waals surface area contributed by atoms with Crippen LogP contribution in [0.2, 0.25) is 5.02 Å². The Morgan fingerprint density at radius 1 is 1.10 bits per heavy atom. The number of nitrogens with zero attached hydrogens (tertiary/aromatic N) is 4. The van der Waals surface area contributed by atoms with Crippen molar-refractivity contribution in [1.82, 2.24) is 9.88 Å². The Bertz CT molecular complexity index is 1100. The monoisotopic (exact) mass is 425 g/mol. The number of fused-ring (bicyclic) bond motifs is 1. The van der Waals surface area contributed by atoms with Gasteiger partial charge in [-0.05, 0) is 36.4 Å². The lowest BCUT2D eigenvalue weighted by Gasteiger charge is -2.35. The third-order valence-corrected chi connectivity index (χ3v) is 5.48. The molecule has 4 rings (SSSR count). The number of benzene rings is 2. The van der Waals surface area contributed by atoms with Gasteiger partial charge >= 0.3 is 5.69 Å². The van der Waals surface area contributed by atoms with Crippen LogP contribution in [0.4, 0.5) is 17.1 Å². The van der Waals surface area contributed by atoms with Crippen LogP contribution in [0.5, 0.6) is 0 Å². The second-order valence-electron chi connectivity index (χ2n) is 7.05. The number of nitro benzene ring substituents is 1. The molecule has 2 heterocycles. The largest absolute Gasteiger partial charge is 0.363 e. The number of amides is 1. The molecule has 1 aliphatic heterocycles. The number of pyridine rings is 1. The molecule has 1 saturated heterocycles. The zero-order chi connectivity index (χ0) is 21.1. The smallest absolute Gasteiger partial charge is 0.301 e. The van der Waals surface area contributed by atoms with Crippen molar-refractivity contribution in [2.75, 3.05) is 42.9 Å². The molecule has 30 heavy (non-hydrogen) atoms. The van der Waals surface area contributed by atoms with E-state index in [1.54, 1.807) is 48.7 Å². The second kappa shape index (κ2) is 8.64. The van der Waals surface area contributed by atoms with E-state index in [1.807, 2.05) is 15.9 Å². The third-order valence-electron chi connectivity index (χ3n) is 5.15. The van der Waals surface area contributed by atoms with Crippen LogP contribution in [-0.4, -0.2) is 53.4 Å². The molecule has 1 N–H and O–H groups in total. The van der Waals surface area contributed by atoms with Gasteiger partial charge in [0.25, 0.3) is 0 Å². The van der Waals surface area contributed by atoms with Gasteiger partial charge in [-0.25, -0.2) is 0 Å². The molecule has 1 aliphatic rings. The van der Waals surface area contributed by atoms with Gasteiger partial charge in [0.05, 0.1) is 33.1 Å². The topological polar surface area (TPSA) is 91.6 Å². The molecule has 1 amide bonds. The maximum absolute atomic E-state index is 12.4. The number of aromatic nitrogens is 1. The Balaban J connectivity index is 1.42. The quantitative estimate of drug-likeness (QED) is 0.496. The van der Waals surface area contributed by atoms with Crippen molar-refractivity contribution < 1.29 is 9.72 Å². The van der Waals surface area contributed by atoms with Crippen LogP contribution in [0.15, 0.2) is 54.7 Å². The molecule has 3 aromatic rings. The number of carbonyl (C=O) groups excluding carboxylic acids is 1. The number of nitro groups is 1. The fourth-order valence-electron chi connectivity index (χ4n) is 3.67. The zero-order valence-corrected chi connectivity index (χ0v) is 16.9. The predicted molar refractivity (Wildman–Crippen MR) is 117 cm³/mol. The van der Waals surface area contributed by atoms with Gasteiger partial charge in [-0.15, -0.1) is 0 Å². The summed E-state index contributed by atoms with van der Waals surface area (Å²) in [5, 5.41) is 15.6. The molecule has 1 fully saturated rings. The lowest BCUT2D eigenvalue weighted by molar-refractivity contribution is -0.382. The molecule has 0 aliphatic carbocycles. The minimum atomic E-state index is -0.344. The SMILES string of the molecule is O=C(CN1CCN(c2ccc3ncccc3c2[N+](=O)[O-])CC1)Nc1ccccc1Cl. The Labute approximate surface area is 178 Å². The minimum absolute atomic E-state index is 0.0745. The van der Waals surface area contributed by atoms with Crippen molar-refractivity contribution in [2.24, 2.45) is 0 Å². The summed E-state index contributed by atoms with van der Waals surface area (Å²) in [6, 6.07) is 14.1. The molecular weight excluding hydrogens is 406 g/mol. The van der Waals surface area contributed by atoms with Crippen LogP contribution < -0.4 is 10.2 Å². The van der Waals surface area contributed by atoms with Crippen LogP contribution in [0.3, 0.4) is 0 Å². The first-order valence-corrected chi connectivity index (χ1v) is 9.94. The summed E-state index contributed by atoms with van der Waals surface area (Å²) in [7, 11) is 0. The number of para-hydroxylation sites is 1. The summed E-state index contributed by atoms with van der Waals surface area (Å²) in [6.45, 7) is 2.66. The fourth-order valence-corrected chi connectivity index (χ4v) is 3.86. The number of piperazine rings is 1. The highest BCUT2D eigenvalue weighted by Crippen LogP contribution is 2.35. The van der Waals surface area contributed by atoms with E-state index in [1.165, 1.54) is 0 Å². The van der Waals surface area contributed by atoms with Crippen molar-refractivity contribution in [3.8, 4) is 0 Å². The molecule has 0 bridgehead atoms. The summed E-state index contributed by atoms with van der Waals surface area (Å²) in [5.74, 6) is -0.140. The fraction of sp³-hybridized carbons (Fsp3) is 0.238. The molecule has 0 radical (unpaired) electrons. The van der Waals surface area contributed by atoms with Crippen molar-refractivity contribution in [2.45, 2.75) is 0 Å². The van der Waals surface area contributed by atoms with E-state index < -0.39 is 0 Å². The number of hydrogen-bond acceptors (Lipinski definition) is 6. The summed E-state index contributed by atoms with van der Waals surface area (Å²) in [5.41, 5.74) is 1.84. The van der Waals surface area contributed by atoms with Crippen LogP contribution in [0.1, 0.15) is 0 Å². The Kier molecular flexibility index (Phi) is 5.78. The normalized spacial score (nSPS) is 14.6. The second-order valence-corrected chi connectivity index (χ2v) is 7.46. The number of halogens is 1. The van der Waals surface area contributed by atoms with Crippen molar-refractivity contribution in [3.05, 3.63) is 69.9 Å². The number of rotatable bonds is 5. The lowest BCUT2D eigenvalue weighted by Crippen LogP contribution is -2.48. The minimum Gasteiger partial charge on any atom is -0.363 e. The Hall–Kier alpha value is -3.23. The van der Waals surface area contributed by atoms with E-state index >= 15 is 0 Å². The Morgan fingerprint density at radius 2 is 1.87 bits per heavy atom. The van der Waals surface area contributed by atoms with E-state index in [0.717, 1.165) is 0 Å². The highest BCUT2D eigenvalue weighted by Gasteiger charge is 2.26. The first-order chi connectivity index (χ1) is 14.5. The standard InChI is InChI=1S/C21H20ClN5O3/c22-16-5-1-2-6-18(16)24-20(28)14-25-10-12-26(13-11-25)19-8-7-17-15(4-3-9-23-17)21(19)27(29)30/h1-9H,10-14H2,(H,24,28). The molecule has 154 valence electrons. The van der Waals surface area contributed by atoms with Crippen LogP contribution in [0, 0.1) is 10.1 Å². The number of carbonyl (C=O) groups is 1. The van der Waals surface area contributed by atoms with Gasteiger partial charge in [-0.3, -0.25) is 24.8 Å². The van der Waals surface area contributed by atoms with Gasteiger partial charge in [0.2, 0.25) is 5.91 Å². The van der Waals surface area contributed by atoms with E-state index in [0.29, 0.717) is 53.5 Å². The van der Waals surface area contributed by atoms with Gasteiger partial charge in [0.15, 0.2) is 0 Å². The highest BCUT2D eigenvalue weighted by molar-refractivity contribution is 6.33. The van der Waals surface area contributed by atoms with Gasteiger partial charge in [-0.2, -0.15) is 0 Å². The lowest BCUT2D eigenvalue weighted by atomic mass is 10.1. The number of anilines is 2. The molecule has 8 nitrogen and oxygen atoms in total. The summed E-state index contributed by atoms with van der Waals surface area (Å²) < 4.78 is 0. The van der Waals surface area contributed by atoms with Gasteiger partial charge < -0.3 is 10.2 Å². The first-order valence-electron chi connectivity index (χ1n) is 9.57. The number of hydrogen-bond donors (Lipinski definition) is 1. The maximum atomic E-state index is 12.4. The van der Waals surface area contributed by atoms with Crippen molar-refractivity contribution in [3.63, 3.8) is 0 Å². The molecule has 0 atom stereocenters. The first kappa shape index (κ1) is 20.1. The predicted octanol–water partition coefficient (Wildman–Crippen LogP) is 3.56. The third kappa shape index (κ3) is 4.19. The van der Waals surface area contributed by atoms with Crippen LogP contribution in [-0.2, 0) is 4.79 Å². The van der Waals surface area contributed by atoms with E-state index in [9.17, 15) is 14.9 Å². The summed E-state index contributed by atoms with van der Waals surface area (Å²) in [4.78, 5) is 32.0. The van der Waals surface area contributed by atoms with Crippen molar-refractivity contribution in [1.29, 1.82) is 0 Å². The Morgan fingerprint density at radius 3 is 2.60 bits per heavy atom. The summed E-state index contributed by atoms with van der Waals surface area (Å²) >= 11 is 6.09. The van der Waals surface area contributed by atoms with Gasteiger partial charge in [-0.1, -0.05) is 23.7 Å². The van der Waals surface area contributed by atoms with Crippen molar-refractivity contribution >= 4 is 45.5 Å². The average Bonchev–Trinajstić information content (AvgIpc) is 2.75. The zero-order valence-electron chi connectivity index (χ0n) is 16.1. The molecule has 2 aromatic carbocycles. The molecule has 0 saturated carbocycles. The molecular formula is C21H20ClN5O3. The van der Waals surface area contributed by atoms with E-state index in [2.05, 4.69) is 10.3 Å². The van der Waals surface area contributed by atoms with Gasteiger partial charge in [0.1, 0.15) is 5.69 Å². The average molecular weight is 426 g/mol. The highest BCUT2D eigenvalue weighted by atomic mass is 35.5.